The van der Waals surface area contributed by atoms with Crippen LogP contribution in [0.15, 0.2) is 28.7 Å². The molecule has 1 amide bonds. The van der Waals surface area contributed by atoms with Crippen LogP contribution >= 0.6 is 15.9 Å². The minimum Gasteiger partial charge on any atom is -0.288 e. The lowest BCUT2D eigenvalue weighted by molar-refractivity contribution is 0.102. The summed E-state index contributed by atoms with van der Waals surface area (Å²) >= 11 is 3.29. The van der Waals surface area contributed by atoms with Gasteiger partial charge in [0.05, 0.1) is 7.05 Å². The van der Waals surface area contributed by atoms with E-state index in [9.17, 15) is 4.79 Å². The number of carbonyl (C=O) groups is 1. The van der Waals surface area contributed by atoms with Gasteiger partial charge in [-0.2, -0.15) is 4.80 Å². The maximum atomic E-state index is 11.7. The highest BCUT2D eigenvalue weighted by Gasteiger charge is 2.09. The average Bonchev–Trinajstić information content (AvgIpc) is 2.64. The Kier molecular flexibility index (Phi) is 2.95. The van der Waals surface area contributed by atoms with Crippen LogP contribution in [0, 0.1) is 0 Å². The molecular formula is C9H8BrN5O. The van der Waals surface area contributed by atoms with Gasteiger partial charge in [0.15, 0.2) is 0 Å². The zero-order valence-corrected chi connectivity index (χ0v) is 9.97. The quantitative estimate of drug-likeness (QED) is 0.899. The van der Waals surface area contributed by atoms with Gasteiger partial charge in [-0.3, -0.25) is 10.1 Å². The largest absolute Gasteiger partial charge is 0.288 e. The van der Waals surface area contributed by atoms with E-state index in [4.69, 9.17) is 0 Å². The summed E-state index contributed by atoms with van der Waals surface area (Å²) in [5, 5.41) is 13.7. The first-order valence-corrected chi connectivity index (χ1v) is 5.25. The number of aromatic nitrogens is 4. The normalized spacial score (nSPS) is 10.1. The van der Waals surface area contributed by atoms with Gasteiger partial charge in [-0.25, -0.2) is 0 Å². The van der Waals surface area contributed by atoms with Gasteiger partial charge in [-0.1, -0.05) is 27.1 Å². The Balaban J connectivity index is 2.14. The number of amides is 1. The molecule has 1 heterocycles. The lowest BCUT2D eigenvalue weighted by atomic mass is 10.2. The van der Waals surface area contributed by atoms with Crippen LogP contribution in [0.1, 0.15) is 10.4 Å². The Hall–Kier alpha value is -1.76. The Morgan fingerprint density at radius 3 is 2.94 bits per heavy atom. The molecule has 1 N–H and O–H groups in total. The highest BCUT2D eigenvalue weighted by atomic mass is 79.9. The molecule has 16 heavy (non-hydrogen) atoms. The Labute approximate surface area is 99.8 Å². The van der Waals surface area contributed by atoms with Crippen molar-refractivity contribution < 1.29 is 4.79 Å². The molecule has 7 heteroatoms. The summed E-state index contributed by atoms with van der Waals surface area (Å²) in [6.45, 7) is 0. The predicted molar refractivity (Wildman–Crippen MR) is 60.9 cm³/mol. The number of anilines is 1. The molecule has 0 unspecified atom stereocenters. The number of halogens is 1. The number of tetrazole rings is 1. The third kappa shape index (κ3) is 2.43. The number of nitrogens with zero attached hydrogens (tertiary/aromatic N) is 4. The third-order valence-corrected chi connectivity index (χ3v) is 2.31. The van der Waals surface area contributed by atoms with Gasteiger partial charge in [0.2, 0.25) is 0 Å². The minimum absolute atomic E-state index is 0.187. The zero-order chi connectivity index (χ0) is 11.5. The number of carbonyl (C=O) groups excluding carboxylic acids is 1. The number of hydrogen-bond acceptors (Lipinski definition) is 4. The van der Waals surface area contributed by atoms with Crippen LogP contribution in [-0.4, -0.2) is 26.1 Å². The fourth-order valence-corrected chi connectivity index (χ4v) is 1.54. The van der Waals surface area contributed by atoms with E-state index in [0.717, 1.165) is 4.47 Å². The molecule has 0 saturated carbocycles. The molecule has 2 rings (SSSR count). The number of nitrogens with one attached hydrogen (secondary N) is 1. The summed E-state index contributed by atoms with van der Waals surface area (Å²) in [5.41, 5.74) is 0.529. The fourth-order valence-electron chi connectivity index (χ4n) is 1.14. The highest BCUT2D eigenvalue weighted by Crippen LogP contribution is 2.12. The van der Waals surface area contributed by atoms with Crippen molar-refractivity contribution in [3.05, 3.63) is 34.3 Å². The first kappa shape index (κ1) is 10.7. The van der Waals surface area contributed by atoms with Gasteiger partial charge in [0.1, 0.15) is 0 Å². The molecule has 0 bridgehead atoms. The topological polar surface area (TPSA) is 72.7 Å². The van der Waals surface area contributed by atoms with Gasteiger partial charge >= 0.3 is 0 Å². The van der Waals surface area contributed by atoms with Crippen molar-refractivity contribution in [1.29, 1.82) is 0 Å². The molecule has 0 radical (unpaired) electrons. The number of benzene rings is 1. The molecule has 0 atom stereocenters. The van der Waals surface area contributed by atoms with Crippen molar-refractivity contribution >= 4 is 27.8 Å². The molecule has 1 aromatic heterocycles. The Morgan fingerprint density at radius 1 is 1.50 bits per heavy atom. The van der Waals surface area contributed by atoms with Gasteiger partial charge in [-0.05, 0) is 23.4 Å². The molecular weight excluding hydrogens is 274 g/mol. The van der Waals surface area contributed by atoms with Crippen LogP contribution in [0.4, 0.5) is 5.95 Å². The van der Waals surface area contributed by atoms with Crippen molar-refractivity contribution in [2.24, 2.45) is 7.05 Å². The van der Waals surface area contributed by atoms with Gasteiger partial charge in [0, 0.05) is 10.0 Å². The van der Waals surface area contributed by atoms with Crippen LogP contribution in [0.25, 0.3) is 0 Å². The van der Waals surface area contributed by atoms with Crippen molar-refractivity contribution in [1.82, 2.24) is 20.2 Å². The number of rotatable bonds is 2. The van der Waals surface area contributed by atoms with Crippen molar-refractivity contribution in [3.63, 3.8) is 0 Å². The first-order chi connectivity index (χ1) is 7.65. The predicted octanol–water partition coefficient (Wildman–Crippen LogP) is 1.22. The fraction of sp³-hybridized carbons (Fsp3) is 0.111. The van der Waals surface area contributed by atoms with Crippen LogP contribution in [0.3, 0.4) is 0 Å². The van der Waals surface area contributed by atoms with E-state index in [0.29, 0.717) is 5.56 Å². The number of aryl methyl sites for hydroxylation is 1. The van der Waals surface area contributed by atoms with E-state index < -0.39 is 0 Å². The number of hydrogen-bond donors (Lipinski definition) is 1. The Bertz CT molecular complexity index is 524. The summed E-state index contributed by atoms with van der Waals surface area (Å²) < 4.78 is 0.840. The maximum absolute atomic E-state index is 11.7. The van der Waals surface area contributed by atoms with E-state index >= 15 is 0 Å². The standard InChI is InChI=1S/C9H8BrN5O/c1-15-13-9(12-14-15)11-8(16)6-3-2-4-7(10)5-6/h2-5H,1H3,(H,11,13,16). The second kappa shape index (κ2) is 4.40. The molecule has 0 aliphatic rings. The highest BCUT2D eigenvalue weighted by molar-refractivity contribution is 9.10. The van der Waals surface area contributed by atoms with Crippen LogP contribution in [0.2, 0.25) is 0 Å². The lowest BCUT2D eigenvalue weighted by Gasteiger charge is -2.00. The second-order valence-corrected chi connectivity index (χ2v) is 3.98. The molecule has 1 aromatic carbocycles. The van der Waals surface area contributed by atoms with E-state index in [1.54, 1.807) is 25.2 Å². The summed E-state index contributed by atoms with van der Waals surface area (Å²) in [4.78, 5) is 13.0. The van der Waals surface area contributed by atoms with Crippen LogP contribution < -0.4 is 5.32 Å². The van der Waals surface area contributed by atoms with E-state index in [1.165, 1.54) is 4.80 Å². The van der Waals surface area contributed by atoms with Crippen LogP contribution in [0.5, 0.6) is 0 Å². The van der Waals surface area contributed by atoms with E-state index in [2.05, 4.69) is 36.7 Å². The van der Waals surface area contributed by atoms with E-state index in [1.807, 2.05) is 6.07 Å². The Morgan fingerprint density at radius 2 is 2.31 bits per heavy atom. The molecule has 0 aliphatic carbocycles. The molecule has 6 nitrogen and oxygen atoms in total. The van der Waals surface area contributed by atoms with Gasteiger partial charge in [-0.15, -0.1) is 5.10 Å². The minimum atomic E-state index is -0.269. The average molecular weight is 282 g/mol. The second-order valence-electron chi connectivity index (χ2n) is 3.07. The third-order valence-electron chi connectivity index (χ3n) is 1.82. The van der Waals surface area contributed by atoms with E-state index in [-0.39, 0.29) is 11.9 Å². The molecule has 0 fully saturated rings. The molecule has 82 valence electrons. The monoisotopic (exact) mass is 281 g/mol. The summed E-state index contributed by atoms with van der Waals surface area (Å²) in [5.74, 6) is -0.0817. The summed E-state index contributed by atoms with van der Waals surface area (Å²) in [6, 6.07) is 7.04. The molecule has 2 aromatic rings. The molecule has 0 aliphatic heterocycles. The smallest absolute Gasteiger partial charge is 0.270 e. The van der Waals surface area contributed by atoms with Crippen molar-refractivity contribution in [2.45, 2.75) is 0 Å². The van der Waals surface area contributed by atoms with Gasteiger partial charge < -0.3 is 0 Å². The lowest BCUT2D eigenvalue weighted by Crippen LogP contribution is -2.13. The summed E-state index contributed by atoms with van der Waals surface area (Å²) in [6.07, 6.45) is 0. The first-order valence-electron chi connectivity index (χ1n) is 4.46. The summed E-state index contributed by atoms with van der Waals surface area (Å²) in [7, 11) is 1.63. The van der Waals surface area contributed by atoms with Crippen LogP contribution in [-0.2, 0) is 7.05 Å². The van der Waals surface area contributed by atoms with Crippen molar-refractivity contribution in [3.8, 4) is 0 Å². The van der Waals surface area contributed by atoms with Crippen molar-refractivity contribution in [2.75, 3.05) is 5.32 Å². The maximum Gasteiger partial charge on any atom is 0.270 e. The SMILES string of the molecule is Cn1nnc(NC(=O)c2cccc(Br)c2)n1. The molecule has 0 saturated heterocycles. The zero-order valence-electron chi connectivity index (χ0n) is 8.38. The molecule has 0 spiro atoms. The van der Waals surface area contributed by atoms with Gasteiger partial charge in [0.25, 0.3) is 11.9 Å².